The molecule has 67 valence electrons. The van der Waals surface area contributed by atoms with Crippen LogP contribution >= 0.6 is 11.5 Å². The molecule has 14 heavy (non-hydrogen) atoms. The molecule has 0 fully saturated rings. The van der Waals surface area contributed by atoms with Gasteiger partial charge in [0.2, 0.25) is 0 Å². The van der Waals surface area contributed by atoms with Gasteiger partial charge in [0.05, 0.1) is 4.88 Å². The normalized spacial score (nSPS) is 9.64. The molecule has 0 saturated carbocycles. The minimum Gasteiger partial charge on any atom is -0.281 e. The van der Waals surface area contributed by atoms with E-state index in [0.29, 0.717) is 5.56 Å². The largest absolute Gasteiger partial charge is 0.281 e. The van der Waals surface area contributed by atoms with Crippen LogP contribution in [0.25, 0.3) is 10.4 Å². The summed E-state index contributed by atoms with van der Waals surface area (Å²) in [4.78, 5) is 0.776. The van der Waals surface area contributed by atoms with Crippen molar-refractivity contribution >= 4 is 17.4 Å². The van der Waals surface area contributed by atoms with E-state index in [1.54, 1.807) is 0 Å². The smallest absolute Gasteiger partial charge is 0.176 e. The van der Waals surface area contributed by atoms with Crippen molar-refractivity contribution in [3.05, 3.63) is 35.9 Å². The predicted molar refractivity (Wildman–Crippen MR) is 55.0 cm³/mol. The molecule has 0 aliphatic rings. The highest BCUT2D eigenvalue weighted by atomic mass is 32.1. The molecule has 0 saturated heterocycles. The van der Waals surface area contributed by atoms with Crippen molar-refractivity contribution in [2.75, 3.05) is 0 Å². The second kappa shape index (κ2) is 3.48. The fourth-order valence-corrected chi connectivity index (χ4v) is 1.93. The summed E-state index contributed by atoms with van der Waals surface area (Å²) in [5, 5.41) is 8.85. The van der Waals surface area contributed by atoms with Gasteiger partial charge in [-0.15, -0.1) is 0 Å². The van der Waals surface area contributed by atoms with Crippen LogP contribution in [0.15, 0.2) is 30.3 Å². The first kappa shape index (κ1) is 8.73. The van der Waals surface area contributed by atoms with Gasteiger partial charge in [0.15, 0.2) is 5.82 Å². The van der Waals surface area contributed by atoms with Gasteiger partial charge < -0.3 is 0 Å². The Bertz CT molecular complexity index is 482. The van der Waals surface area contributed by atoms with Crippen molar-refractivity contribution in [1.29, 1.82) is 5.26 Å². The molecule has 2 rings (SSSR count). The number of nitrogens with zero attached hydrogens (tertiary/aromatic N) is 2. The molecule has 0 bridgehead atoms. The van der Waals surface area contributed by atoms with Gasteiger partial charge in [-0.1, -0.05) is 30.3 Å². The van der Waals surface area contributed by atoms with E-state index < -0.39 is 0 Å². The SMILES string of the molecule is N#Cc1c([NH])nsc1-c1ccccc1. The summed E-state index contributed by atoms with van der Waals surface area (Å²) in [6, 6.07) is 11.5. The number of rotatable bonds is 1. The molecule has 1 N–H and O–H groups in total. The van der Waals surface area contributed by atoms with Gasteiger partial charge in [0.25, 0.3) is 0 Å². The Kier molecular flexibility index (Phi) is 2.17. The summed E-state index contributed by atoms with van der Waals surface area (Å²) < 4.78 is 3.85. The second-order valence-corrected chi connectivity index (χ2v) is 3.49. The average molecular weight is 200 g/mol. The van der Waals surface area contributed by atoms with E-state index in [1.807, 2.05) is 36.4 Å². The van der Waals surface area contributed by atoms with Crippen molar-refractivity contribution < 1.29 is 0 Å². The Hall–Kier alpha value is -1.86. The van der Waals surface area contributed by atoms with Crippen LogP contribution in [0.4, 0.5) is 5.82 Å². The first-order valence-electron chi connectivity index (χ1n) is 3.99. The minimum atomic E-state index is 0.0661. The molecule has 1 radical (unpaired) electrons. The molecule has 3 nitrogen and oxygen atoms in total. The van der Waals surface area contributed by atoms with E-state index >= 15 is 0 Å². The number of aromatic nitrogens is 1. The maximum absolute atomic E-state index is 8.85. The lowest BCUT2D eigenvalue weighted by atomic mass is 10.1. The molecule has 1 aromatic carbocycles. The van der Waals surface area contributed by atoms with Gasteiger partial charge in [-0.05, 0) is 17.1 Å². The number of nitrogens with one attached hydrogen (secondary N) is 1. The molecule has 1 heterocycles. The van der Waals surface area contributed by atoms with E-state index in [9.17, 15) is 0 Å². The molecule has 2 aromatic rings. The molecular weight excluding hydrogens is 194 g/mol. The fourth-order valence-electron chi connectivity index (χ4n) is 1.18. The number of nitriles is 1. The van der Waals surface area contributed by atoms with E-state index in [0.717, 1.165) is 10.4 Å². The second-order valence-electron chi connectivity index (χ2n) is 2.71. The van der Waals surface area contributed by atoms with Crippen molar-refractivity contribution in [3.8, 4) is 16.5 Å². The summed E-state index contributed by atoms with van der Waals surface area (Å²) >= 11 is 1.19. The maximum Gasteiger partial charge on any atom is 0.176 e. The fraction of sp³-hybridized carbons (Fsp3) is 0. The van der Waals surface area contributed by atoms with E-state index in [2.05, 4.69) is 4.37 Å². The van der Waals surface area contributed by atoms with Crippen LogP contribution in [0.3, 0.4) is 0 Å². The highest BCUT2D eigenvalue weighted by Crippen LogP contribution is 2.31. The number of hydrogen-bond donors (Lipinski definition) is 0. The Labute approximate surface area is 85.6 Å². The Balaban J connectivity index is 2.59. The van der Waals surface area contributed by atoms with Crippen molar-refractivity contribution in [3.63, 3.8) is 0 Å². The summed E-state index contributed by atoms with van der Waals surface area (Å²) in [6.45, 7) is 0. The highest BCUT2D eigenvalue weighted by molar-refractivity contribution is 7.10. The summed E-state index contributed by atoms with van der Waals surface area (Å²) in [5.74, 6) is 0.0661. The standard InChI is InChI=1S/C10H6N3S/c11-6-8-9(14-13-10(8)12)7-4-2-1-3-5-7/h1-5,12H. The first-order chi connectivity index (χ1) is 6.83. The van der Waals surface area contributed by atoms with Gasteiger partial charge in [-0.3, -0.25) is 5.73 Å². The van der Waals surface area contributed by atoms with Gasteiger partial charge in [-0.25, -0.2) is 0 Å². The van der Waals surface area contributed by atoms with Crippen molar-refractivity contribution in [2.45, 2.75) is 0 Å². The number of benzene rings is 1. The third-order valence-electron chi connectivity index (χ3n) is 1.84. The summed E-state index contributed by atoms with van der Waals surface area (Å²) in [6.07, 6.45) is 0. The topological polar surface area (TPSA) is 60.5 Å². The minimum absolute atomic E-state index is 0.0661. The Morgan fingerprint density at radius 3 is 2.64 bits per heavy atom. The predicted octanol–water partition coefficient (Wildman–Crippen LogP) is 2.60. The van der Waals surface area contributed by atoms with Crippen molar-refractivity contribution in [2.24, 2.45) is 0 Å². The molecule has 0 atom stereocenters. The van der Waals surface area contributed by atoms with Gasteiger partial charge in [0, 0.05) is 0 Å². The first-order valence-corrected chi connectivity index (χ1v) is 4.77. The third kappa shape index (κ3) is 1.34. The molecule has 0 amide bonds. The molecule has 1 aromatic heterocycles. The molecule has 0 spiro atoms. The van der Waals surface area contributed by atoms with E-state index in [-0.39, 0.29) is 5.82 Å². The lowest BCUT2D eigenvalue weighted by molar-refractivity contribution is 1.36. The van der Waals surface area contributed by atoms with Crippen LogP contribution in [-0.4, -0.2) is 4.37 Å². The Morgan fingerprint density at radius 2 is 2.00 bits per heavy atom. The average Bonchev–Trinajstić information content (AvgIpc) is 2.61. The van der Waals surface area contributed by atoms with E-state index in [4.69, 9.17) is 11.0 Å². The zero-order chi connectivity index (χ0) is 9.97. The van der Waals surface area contributed by atoms with Crippen LogP contribution in [0.2, 0.25) is 0 Å². The monoisotopic (exact) mass is 200 g/mol. The molecule has 0 aliphatic heterocycles. The van der Waals surface area contributed by atoms with E-state index in [1.165, 1.54) is 11.5 Å². The third-order valence-corrected chi connectivity index (χ3v) is 2.74. The zero-order valence-electron chi connectivity index (χ0n) is 7.19. The lowest BCUT2D eigenvalue weighted by Gasteiger charge is -1.95. The Morgan fingerprint density at radius 1 is 1.29 bits per heavy atom. The lowest BCUT2D eigenvalue weighted by Crippen LogP contribution is -1.78. The maximum atomic E-state index is 8.85. The zero-order valence-corrected chi connectivity index (χ0v) is 8.01. The van der Waals surface area contributed by atoms with Crippen molar-refractivity contribution in [1.82, 2.24) is 10.1 Å². The summed E-state index contributed by atoms with van der Waals surface area (Å²) in [7, 11) is 0. The highest BCUT2D eigenvalue weighted by Gasteiger charge is 2.12. The van der Waals surface area contributed by atoms with Crippen LogP contribution in [0.5, 0.6) is 0 Å². The number of hydrogen-bond acceptors (Lipinski definition) is 3. The van der Waals surface area contributed by atoms with Gasteiger partial charge in [-0.2, -0.15) is 9.64 Å². The van der Waals surface area contributed by atoms with Crippen LogP contribution in [0.1, 0.15) is 5.56 Å². The van der Waals surface area contributed by atoms with Crippen LogP contribution in [0, 0.1) is 11.3 Å². The van der Waals surface area contributed by atoms with Gasteiger partial charge >= 0.3 is 0 Å². The molecule has 0 unspecified atom stereocenters. The summed E-state index contributed by atoms with van der Waals surface area (Å²) in [5.41, 5.74) is 8.72. The molecular formula is C10H6N3S. The molecule has 0 aliphatic carbocycles. The van der Waals surface area contributed by atoms with Crippen LogP contribution in [-0.2, 0) is 0 Å². The van der Waals surface area contributed by atoms with Gasteiger partial charge in [0.1, 0.15) is 11.6 Å². The molecule has 4 heteroatoms. The quantitative estimate of drug-likeness (QED) is 0.710. The van der Waals surface area contributed by atoms with Crippen LogP contribution < -0.4 is 5.73 Å².